The lowest BCUT2D eigenvalue weighted by Crippen LogP contribution is -2.34. The number of rotatable bonds is 4. The van der Waals surface area contributed by atoms with Gasteiger partial charge in [-0.15, -0.1) is 0 Å². The molecule has 1 heteroatoms. The van der Waals surface area contributed by atoms with Gasteiger partial charge in [0.1, 0.15) is 0 Å². The first kappa shape index (κ1) is 11.4. The van der Waals surface area contributed by atoms with Crippen molar-refractivity contribution in [2.24, 2.45) is 0 Å². The molecule has 0 saturated heterocycles. The molecule has 2 rings (SSSR count). The van der Waals surface area contributed by atoms with Crippen molar-refractivity contribution in [3.8, 4) is 0 Å². The molecule has 0 fully saturated rings. The first-order valence-electron chi connectivity index (χ1n) is 6.40. The standard InChI is InChI=1S/C15H21N/c1-2-3-11-15-14(10-7-12-16-15)13-8-5-4-6-9-13/h4-6,8-10,15-16H,2-3,7,11-12H2,1H3. The van der Waals surface area contributed by atoms with Crippen molar-refractivity contribution in [1.82, 2.24) is 5.32 Å². The molecule has 1 N–H and O–H groups in total. The molecule has 0 spiro atoms. The summed E-state index contributed by atoms with van der Waals surface area (Å²) in [6.07, 6.45) is 7.42. The zero-order valence-corrected chi connectivity index (χ0v) is 10.1. The highest BCUT2D eigenvalue weighted by atomic mass is 14.9. The number of hydrogen-bond acceptors (Lipinski definition) is 1. The van der Waals surface area contributed by atoms with Gasteiger partial charge in [-0.2, -0.15) is 0 Å². The predicted octanol–water partition coefficient (Wildman–Crippen LogP) is 3.62. The van der Waals surface area contributed by atoms with E-state index in [4.69, 9.17) is 0 Å². The van der Waals surface area contributed by atoms with Crippen molar-refractivity contribution >= 4 is 5.57 Å². The average Bonchev–Trinajstić information content (AvgIpc) is 2.38. The van der Waals surface area contributed by atoms with E-state index in [1.807, 2.05) is 0 Å². The molecule has 0 aromatic heterocycles. The Hall–Kier alpha value is -1.08. The average molecular weight is 215 g/mol. The van der Waals surface area contributed by atoms with Gasteiger partial charge in [-0.25, -0.2) is 0 Å². The number of unbranched alkanes of at least 4 members (excludes halogenated alkanes) is 1. The van der Waals surface area contributed by atoms with E-state index in [2.05, 4.69) is 48.6 Å². The Morgan fingerprint density at radius 2 is 2.06 bits per heavy atom. The SMILES string of the molecule is CCCCC1NCCC=C1c1ccccc1. The maximum atomic E-state index is 3.63. The molecule has 1 unspecified atom stereocenters. The molecule has 1 nitrogen and oxygen atoms in total. The molecule has 0 saturated carbocycles. The van der Waals surface area contributed by atoms with Crippen LogP contribution >= 0.6 is 0 Å². The predicted molar refractivity (Wildman–Crippen MR) is 70.4 cm³/mol. The second-order valence-corrected chi connectivity index (χ2v) is 4.46. The molecule has 0 bridgehead atoms. The van der Waals surface area contributed by atoms with Crippen LogP contribution in [0.15, 0.2) is 36.4 Å². The monoisotopic (exact) mass is 215 g/mol. The Morgan fingerprint density at radius 1 is 1.25 bits per heavy atom. The number of nitrogens with one attached hydrogen (secondary N) is 1. The summed E-state index contributed by atoms with van der Waals surface area (Å²) in [7, 11) is 0. The van der Waals surface area contributed by atoms with Gasteiger partial charge in [-0.1, -0.05) is 56.2 Å². The normalized spacial score (nSPS) is 20.6. The van der Waals surface area contributed by atoms with Crippen LogP contribution in [-0.4, -0.2) is 12.6 Å². The first-order chi connectivity index (χ1) is 7.92. The smallest absolute Gasteiger partial charge is 0.0323 e. The third-order valence-electron chi connectivity index (χ3n) is 3.23. The molecule has 1 aliphatic heterocycles. The first-order valence-corrected chi connectivity index (χ1v) is 6.40. The highest BCUT2D eigenvalue weighted by Crippen LogP contribution is 2.24. The van der Waals surface area contributed by atoms with Gasteiger partial charge in [0.25, 0.3) is 0 Å². The minimum absolute atomic E-state index is 0.566. The Kier molecular flexibility index (Phi) is 4.17. The van der Waals surface area contributed by atoms with E-state index >= 15 is 0 Å². The van der Waals surface area contributed by atoms with Crippen molar-refractivity contribution in [2.45, 2.75) is 38.6 Å². The third kappa shape index (κ3) is 2.73. The lowest BCUT2D eigenvalue weighted by atomic mass is 9.91. The minimum atomic E-state index is 0.566. The zero-order valence-electron chi connectivity index (χ0n) is 10.1. The summed E-state index contributed by atoms with van der Waals surface area (Å²) in [5, 5.41) is 3.63. The summed E-state index contributed by atoms with van der Waals surface area (Å²) in [5.74, 6) is 0. The van der Waals surface area contributed by atoms with Crippen molar-refractivity contribution in [2.75, 3.05) is 6.54 Å². The van der Waals surface area contributed by atoms with E-state index in [0.29, 0.717) is 6.04 Å². The van der Waals surface area contributed by atoms with Gasteiger partial charge in [0.05, 0.1) is 0 Å². The van der Waals surface area contributed by atoms with Crippen molar-refractivity contribution < 1.29 is 0 Å². The Morgan fingerprint density at radius 3 is 2.81 bits per heavy atom. The molecule has 0 radical (unpaired) electrons. The largest absolute Gasteiger partial charge is 0.310 e. The summed E-state index contributed by atoms with van der Waals surface area (Å²) < 4.78 is 0. The molecule has 1 aromatic rings. The number of hydrogen-bond donors (Lipinski definition) is 1. The maximum Gasteiger partial charge on any atom is 0.0323 e. The van der Waals surface area contributed by atoms with E-state index < -0.39 is 0 Å². The van der Waals surface area contributed by atoms with Crippen LogP contribution in [0.5, 0.6) is 0 Å². The van der Waals surface area contributed by atoms with Gasteiger partial charge in [0.15, 0.2) is 0 Å². The second-order valence-electron chi connectivity index (χ2n) is 4.46. The third-order valence-corrected chi connectivity index (χ3v) is 3.23. The van der Waals surface area contributed by atoms with Gasteiger partial charge >= 0.3 is 0 Å². The van der Waals surface area contributed by atoms with Gasteiger partial charge in [-0.05, 0) is 30.5 Å². The van der Waals surface area contributed by atoms with E-state index in [1.165, 1.54) is 30.4 Å². The van der Waals surface area contributed by atoms with Gasteiger partial charge in [0.2, 0.25) is 0 Å². The van der Waals surface area contributed by atoms with E-state index in [-0.39, 0.29) is 0 Å². The fourth-order valence-electron chi connectivity index (χ4n) is 2.35. The van der Waals surface area contributed by atoms with E-state index in [0.717, 1.165) is 13.0 Å². The van der Waals surface area contributed by atoms with Crippen LogP contribution in [-0.2, 0) is 0 Å². The van der Waals surface area contributed by atoms with Gasteiger partial charge in [0, 0.05) is 6.04 Å². The Bertz CT molecular complexity index is 340. The molecule has 1 heterocycles. The molecule has 1 aliphatic rings. The molecule has 0 aliphatic carbocycles. The van der Waals surface area contributed by atoms with Crippen LogP contribution in [0.3, 0.4) is 0 Å². The van der Waals surface area contributed by atoms with Crippen LogP contribution in [0.2, 0.25) is 0 Å². The van der Waals surface area contributed by atoms with Crippen molar-refractivity contribution in [3.63, 3.8) is 0 Å². The Labute approximate surface area is 98.6 Å². The Balaban J connectivity index is 2.13. The fraction of sp³-hybridized carbons (Fsp3) is 0.467. The molecular weight excluding hydrogens is 194 g/mol. The summed E-state index contributed by atoms with van der Waals surface area (Å²) in [4.78, 5) is 0. The van der Waals surface area contributed by atoms with Crippen LogP contribution in [0.25, 0.3) is 5.57 Å². The van der Waals surface area contributed by atoms with Crippen molar-refractivity contribution in [1.29, 1.82) is 0 Å². The fourth-order valence-corrected chi connectivity index (χ4v) is 2.35. The lowest BCUT2D eigenvalue weighted by molar-refractivity contribution is 0.534. The minimum Gasteiger partial charge on any atom is -0.310 e. The van der Waals surface area contributed by atoms with Gasteiger partial charge < -0.3 is 5.32 Å². The van der Waals surface area contributed by atoms with Gasteiger partial charge in [-0.3, -0.25) is 0 Å². The van der Waals surface area contributed by atoms with Crippen LogP contribution < -0.4 is 5.32 Å². The zero-order chi connectivity index (χ0) is 11.2. The maximum absolute atomic E-state index is 3.63. The highest BCUT2D eigenvalue weighted by molar-refractivity contribution is 5.70. The second kappa shape index (κ2) is 5.86. The summed E-state index contributed by atoms with van der Waals surface area (Å²) >= 11 is 0. The molecule has 1 aromatic carbocycles. The van der Waals surface area contributed by atoms with Crippen molar-refractivity contribution in [3.05, 3.63) is 42.0 Å². The summed E-state index contributed by atoms with van der Waals surface area (Å²) in [6, 6.07) is 11.3. The molecule has 16 heavy (non-hydrogen) atoms. The number of benzene rings is 1. The quantitative estimate of drug-likeness (QED) is 0.809. The summed E-state index contributed by atoms with van der Waals surface area (Å²) in [5.41, 5.74) is 2.89. The van der Waals surface area contributed by atoms with Crippen LogP contribution in [0, 0.1) is 0 Å². The topological polar surface area (TPSA) is 12.0 Å². The highest BCUT2D eigenvalue weighted by Gasteiger charge is 2.17. The summed E-state index contributed by atoms with van der Waals surface area (Å²) in [6.45, 7) is 3.39. The molecule has 1 atom stereocenters. The lowest BCUT2D eigenvalue weighted by Gasteiger charge is -2.26. The van der Waals surface area contributed by atoms with Crippen LogP contribution in [0.1, 0.15) is 38.2 Å². The van der Waals surface area contributed by atoms with Crippen LogP contribution in [0.4, 0.5) is 0 Å². The van der Waals surface area contributed by atoms with E-state index in [9.17, 15) is 0 Å². The molecule has 86 valence electrons. The van der Waals surface area contributed by atoms with E-state index in [1.54, 1.807) is 0 Å². The molecule has 0 amide bonds. The molecular formula is C15H21N.